The lowest BCUT2D eigenvalue weighted by molar-refractivity contribution is 0.0315. The minimum absolute atomic E-state index is 0.000451. The van der Waals surface area contributed by atoms with E-state index >= 15 is 0 Å². The number of benzene rings is 1. The van der Waals surface area contributed by atoms with E-state index in [-0.39, 0.29) is 11.7 Å². The largest absolute Gasteiger partial charge is 0.377 e. The predicted molar refractivity (Wildman–Crippen MR) is 99.5 cm³/mol. The summed E-state index contributed by atoms with van der Waals surface area (Å²) in [5.74, 6) is 0.830. The standard InChI is InChI=1S/C18H18N2O2S2/c21-17-15-9-11-23-16(15)19-18(20(17)13-6-2-1-3-7-13)24-12-14-8-4-5-10-22-14/h1-3,6-7,9,11,14H,4-5,8,10,12H2/t14-/m0/s1. The van der Waals surface area contributed by atoms with Gasteiger partial charge < -0.3 is 4.74 Å². The van der Waals surface area contributed by atoms with E-state index in [0.717, 1.165) is 40.9 Å². The molecule has 6 heteroatoms. The molecule has 1 aliphatic rings. The zero-order chi connectivity index (χ0) is 16.4. The van der Waals surface area contributed by atoms with E-state index in [9.17, 15) is 4.79 Å². The average molecular weight is 358 g/mol. The topological polar surface area (TPSA) is 44.1 Å². The smallest absolute Gasteiger partial charge is 0.267 e. The fraction of sp³-hybridized carbons (Fsp3) is 0.333. The van der Waals surface area contributed by atoms with E-state index in [1.807, 2.05) is 41.8 Å². The van der Waals surface area contributed by atoms with Gasteiger partial charge in [-0.05, 0) is 42.8 Å². The number of para-hydroxylation sites is 1. The van der Waals surface area contributed by atoms with Crippen molar-refractivity contribution in [1.29, 1.82) is 0 Å². The Morgan fingerprint density at radius 2 is 2.12 bits per heavy atom. The molecule has 0 bridgehead atoms. The molecule has 1 atom stereocenters. The van der Waals surface area contributed by atoms with Crippen LogP contribution in [0.5, 0.6) is 0 Å². The van der Waals surface area contributed by atoms with Gasteiger partial charge in [-0.3, -0.25) is 9.36 Å². The van der Waals surface area contributed by atoms with Gasteiger partial charge in [-0.25, -0.2) is 4.98 Å². The Bertz CT molecular complexity index is 883. The molecule has 0 unspecified atom stereocenters. The minimum Gasteiger partial charge on any atom is -0.377 e. The molecule has 3 aromatic rings. The summed E-state index contributed by atoms with van der Waals surface area (Å²) in [6.07, 6.45) is 3.71. The van der Waals surface area contributed by atoms with Crippen molar-refractivity contribution in [2.75, 3.05) is 12.4 Å². The maximum absolute atomic E-state index is 12.9. The molecule has 124 valence electrons. The molecule has 0 saturated carbocycles. The number of aromatic nitrogens is 2. The van der Waals surface area contributed by atoms with Crippen LogP contribution in [0.4, 0.5) is 0 Å². The molecular weight excluding hydrogens is 340 g/mol. The molecule has 4 nitrogen and oxygen atoms in total. The second-order valence-corrected chi connectivity index (χ2v) is 7.69. The maximum Gasteiger partial charge on any atom is 0.267 e. The summed E-state index contributed by atoms with van der Waals surface area (Å²) < 4.78 is 7.54. The number of fused-ring (bicyclic) bond motifs is 1. The molecule has 1 fully saturated rings. The third-order valence-corrected chi connectivity index (χ3v) is 6.03. The highest BCUT2D eigenvalue weighted by Crippen LogP contribution is 2.26. The van der Waals surface area contributed by atoms with E-state index in [0.29, 0.717) is 5.39 Å². The quantitative estimate of drug-likeness (QED) is 0.520. The zero-order valence-corrected chi connectivity index (χ0v) is 14.8. The lowest BCUT2D eigenvalue weighted by Crippen LogP contribution is -2.24. The van der Waals surface area contributed by atoms with Gasteiger partial charge >= 0.3 is 0 Å². The molecule has 2 aromatic heterocycles. The van der Waals surface area contributed by atoms with Crippen LogP contribution in [0.25, 0.3) is 15.9 Å². The zero-order valence-electron chi connectivity index (χ0n) is 13.2. The van der Waals surface area contributed by atoms with Gasteiger partial charge in [0.05, 0.1) is 17.2 Å². The summed E-state index contributed by atoms with van der Waals surface area (Å²) in [5, 5.41) is 3.35. The highest BCUT2D eigenvalue weighted by molar-refractivity contribution is 7.99. The minimum atomic E-state index is -0.000451. The van der Waals surface area contributed by atoms with Crippen LogP contribution in [0.2, 0.25) is 0 Å². The van der Waals surface area contributed by atoms with E-state index in [1.54, 1.807) is 16.3 Å². The average Bonchev–Trinajstić information content (AvgIpc) is 3.10. The Kier molecular flexibility index (Phi) is 4.69. The van der Waals surface area contributed by atoms with E-state index in [4.69, 9.17) is 9.72 Å². The SMILES string of the molecule is O=c1c2ccsc2nc(SC[C@@H]2CCCCO2)n1-c1ccccc1. The first-order valence-electron chi connectivity index (χ1n) is 8.13. The van der Waals surface area contributed by atoms with Crippen molar-refractivity contribution in [3.05, 3.63) is 52.1 Å². The Labute approximate surface area is 148 Å². The number of ether oxygens (including phenoxy) is 1. The normalized spacial score (nSPS) is 18.1. The number of thioether (sulfide) groups is 1. The van der Waals surface area contributed by atoms with Crippen molar-refractivity contribution in [3.8, 4) is 5.69 Å². The predicted octanol–water partition coefficient (Wildman–Crippen LogP) is 4.11. The molecule has 3 heterocycles. The highest BCUT2D eigenvalue weighted by Gasteiger charge is 2.18. The van der Waals surface area contributed by atoms with Crippen LogP contribution in [0.3, 0.4) is 0 Å². The Morgan fingerprint density at radius 1 is 1.25 bits per heavy atom. The summed E-state index contributed by atoms with van der Waals surface area (Å²) in [6.45, 7) is 0.841. The molecule has 0 radical (unpaired) electrons. The van der Waals surface area contributed by atoms with E-state index < -0.39 is 0 Å². The van der Waals surface area contributed by atoms with Crippen LogP contribution < -0.4 is 5.56 Å². The van der Waals surface area contributed by atoms with Crippen molar-refractivity contribution in [2.45, 2.75) is 30.5 Å². The van der Waals surface area contributed by atoms with Crippen molar-refractivity contribution in [1.82, 2.24) is 9.55 Å². The summed E-state index contributed by atoms with van der Waals surface area (Å²) in [4.78, 5) is 18.5. The van der Waals surface area contributed by atoms with E-state index in [2.05, 4.69) is 0 Å². The molecule has 0 aliphatic carbocycles. The van der Waals surface area contributed by atoms with Gasteiger partial charge in [0.1, 0.15) is 4.83 Å². The van der Waals surface area contributed by atoms with Crippen LogP contribution in [0, 0.1) is 0 Å². The Morgan fingerprint density at radius 3 is 2.92 bits per heavy atom. The molecule has 0 amide bonds. The number of rotatable bonds is 4. The van der Waals surface area contributed by atoms with Gasteiger partial charge in [-0.2, -0.15) is 0 Å². The molecule has 4 rings (SSSR count). The van der Waals surface area contributed by atoms with Crippen LogP contribution in [0.15, 0.2) is 51.7 Å². The summed E-state index contributed by atoms with van der Waals surface area (Å²) in [6, 6.07) is 11.6. The number of hydrogen-bond acceptors (Lipinski definition) is 5. The van der Waals surface area contributed by atoms with Crippen molar-refractivity contribution >= 4 is 33.3 Å². The second-order valence-electron chi connectivity index (χ2n) is 5.81. The highest BCUT2D eigenvalue weighted by atomic mass is 32.2. The van der Waals surface area contributed by atoms with E-state index in [1.165, 1.54) is 17.8 Å². The fourth-order valence-corrected chi connectivity index (χ4v) is 4.79. The molecule has 1 aromatic carbocycles. The lowest BCUT2D eigenvalue weighted by atomic mass is 10.1. The monoisotopic (exact) mass is 358 g/mol. The molecular formula is C18H18N2O2S2. The number of thiophene rings is 1. The van der Waals surface area contributed by atoms with Gasteiger partial charge in [-0.1, -0.05) is 30.0 Å². The van der Waals surface area contributed by atoms with Gasteiger partial charge in [-0.15, -0.1) is 11.3 Å². The Balaban J connectivity index is 1.73. The first-order valence-corrected chi connectivity index (χ1v) is 9.99. The number of nitrogens with zero attached hydrogens (tertiary/aromatic N) is 2. The molecule has 1 saturated heterocycles. The first kappa shape index (κ1) is 15.9. The van der Waals surface area contributed by atoms with Crippen LogP contribution in [0.1, 0.15) is 19.3 Å². The van der Waals surface area contributed by atoms with Gasteiger partial charge in [0.25, 0.3) is 5.56 Å². The first-order chi connectivity index (χ1) is 11.8. The summed E-state index contributed by atoms with van der Waals surface area (Å²) >= 11 is 3.13. The maximum atomic E-state index is 12.9. The van der Waals surface area contributed by atoms with Gasteiger partial charge in [0.2, 0.25) is 0 Å². The molecule has 1 aliphatic heterocycles. The third kappa shape index (κ3) is 3.14. The van der Waals surface area contributed by atoms with Crippen molar-refractivity contribution in [3.63, 3.8) is 0 Å². The van der Waals surface area contributed by atoms with Crippen molar-refractivity contribution < 1.29 is 4.74 Å². The van der Waals surface area contributed by atoms with Crippen molar-refractivity contribution in [2.24, 2.45) is 0 Å². The Hall–Kier alpha value is -1.63. The second kappa shape index (κ2) is 7.09. The number of hydrogen-bond donors (Lipinski definition) is 0. The third-order valence-electron chi connectivity index (χ3n) is 4.15. The summed E-state index contributed by atoms with van der Waals surface area (Å²) in [5.41, 5.74) is 0.856. The lowest BCUT2D eigenvalue weighted by Gasteiger charge is -2.22. The molecule has 24 heavy (non-hydrogen) atoms. The summed E-state index contributed by atoms with van der Waals surface area (Å²) in [7, 11) is 0. The van der Waals surface area contributed by atoms with Gasteiger partial charge in [0, 0.05) is 12.4 Å². The van der Waals surface area contributed by atoms with Crippen LogP contribution >= 0.6 is 23.1 Å². The molecule has 0 spiro atoms. The van der Waals surface area contributed by atoms with Crippen LogP contribution in [-0.4, -0.2) is 28.0 Å². The van der Waals surface area contributed by atoms with Crippen LogP contribution in [-0.2, 0) is 4.74 Å². The fourth-order valence-electron chi connectivity index (χ4n) is 2.90. The van der Waals surface area contributed by atoms with Gasteiger partial charge in [0.15, 0.2) is 5.16 Å². The molecule has 0 N–H and O–H groups in total.